The van der Waals surface area contributed by atoms with E-state index in [0.717, 1.165) is 13.0 Å². The first-order chi connectivity index (χ1) is 6.68. The maximum atomic E-state index is 10.5. The molecule has 3 nitrogen and oxygen atoms in total. The lowest BCUT2D eigenvalue weighted by atomic mass is 10.1. The van der Waals surface area contributed by atoms with Crippen LogP contribution in [0.2, 0.25) is 0 Å². The number of aryl methyl sites for hydroxylation is 1. The number of rotatable bonds is 3. The zero-order chi connectivity index (χ0) is 10.1. The lowest BCUT2D eigenvalue weighted by Gasteiger charge is -2.07. The molecular formula is C10H13NO2S. The summed E-state index contributed by atoms with van der Waals surface area (Å²) in [5, 5.41) is 10.7. The van der Waals surface area contributed by atoms with Crippen molar-refractivity contribution in [2.24, 2.45) is 0 Å². The molecule has 2 heterocycles. The number of thiophene rings is 1. The number of fused-ring (bicyclic) bond motifs is 1. The number of carboxylic acid groups (broad SMARTS) is 1. The summed E-state index contributed by atoms with van der Waals surface area (Å²) >= 11 is 1.69. The maximum Gasteiger partial charge on any atom is 0.303 e. The number of nitrogens with zero attached hydrogens (tertiary/aromatic N) is 1. The van der Waals surface area contributed by atoms with E-state index < -0.39 is 5.97 Å². The molecule has 1 aliphatic rings. The van der Waals surface area contributed by atoms with Crippen molar-refractivity contribution in [1.82, 2.24) is 0 Å². The van der Waals surface area contributed by atoms with Crippen molar-refractivity contribution in [2.75, 3.05) is 18.5 Å². The van der Waals surface area contributed by atoms with Crippen LogP contribution in [0.5, 0.6) is 0 Å². The monoisotopic (exact) mass is 211 g/mol. The molecule has 0 atom stereocenters. The van der Waals surface area contributed by atoms with Gasteiger partial charge in [0.2, 0.25) is 0 Å². The van der Waals surface area contributed by atoms with Crippen LogP contribution in [-0.2, 0) is 17.6 Å². The first kappa shape index (κ1) is 9.52. The molecule has 0 unspecified atom stereocenters. The summed E-state index contributed by atoms with van der Waals surface area (Å²) in [6.07, 6.45) is 2.00. The highest BCUT2D eigenvalue weighted by Crippen LogP contribution is 2.35. The standard InChI is InChI=1S/C10H13NO2S/c1-11-5-4-7-8(11)6-14-9(7)2-3-10(12)13/h6H,2-5H2,1H3,(H,12,13). The second-order valence-electron chi connectivity index (χ2n) is 3.59. The minimum absolute atomic E-state index is 0.247. The number of aliphatic carboxylic acids is 1. The molecule has 1 N–H and O–H groups in total. The van der Waals surface area contributed by atoms with Crippen LogP contribution < -0.4 is 4.90 Å². The van der Waals surface area contributed by atoms with Gasteiger partial charge in [0, 0.05) is 23.8 Å². The zero-order valence-electron chi connectivity index (χ0n) is 8.12. The van der Waals surface area contributed by atoms with E-state index in [4.69, 9.17) is 5.11 Å². The van der Waals surface area contributed by atoms with E-state index in [2.05, 4.69) is 17.3 Å². The van der Waals surface area contributed by atoms with Gasteiger partial charge < -0.3 is 10.0 Å². The van der Waals surface area contributed by atoms with Crippen molar-refractivity contribution in [2.45, 2.75) is 19.3 Å². The molecule has 0 saturated heterocycles. The lowest BCUT2D eigenvalue weighted by molar-refractivity contribution is -0.136. The highest BCUT2D eigenvalue weighted by atomic mass is 32.1. The van der Waals surface area contributed by atoms with E-state index in [-0.39, 0.29) is 6.42 Å². The Hall–Kier alpha value is -1.03. The Kier molecular flexibility index (Phi) is 2.46. The first-order valence-electron chi connectivity index (χ1n) is 4.70. The van der Waals surface area contributed by atoms with E-state index in [0.29, 0.717) is 6.42 Å². The molecule has 0 bridgehead atoms. The van der Waals surface area contributed by atoms with Crippen molar-refractivity contribution < 1.29 is 9.90 Å². The summed E-state index contributed by atoms with van der Waals surface area (Å²) in [6.45, 7) is 1.07. The normalized spacial score (nSPS) is 14.5. The van der Waals surface area contributed by atoms with E-state index >= 15 is 0 Å². The first-order valence-corrected chi connectivity index (χ1v) is 5.58. The Balaban J connectivity index is 2.13. The van der Waals surface area contributed by atoms with Crippen LogP contribution in [-0.4, -0.2) is 24.7 Å². The Morgan fingerprint density at radius 3 is 3.21 bits per heavy atom. The van der Waals surface area contributed by atoms with Crippen molar-refractivity contribution in [1.29, 1.82) is 0 Å². The Morgan fingerprint density at radius 1 is 1.71 bits per heavy atom. The molecule has 0 spiro atoms. The average Bonchev–Trinajstić information content (AvgIpc) is 2.66. The van der Waals surface area contributed by atoms with Gasteiger partial charge in [-0.2, -0.15) is 0 Å². The molecular weight excluding hydrogens is 198 g/mol. The molecule has 1 aromatic rings. The number of hydrogen-bond donors (Lipinski definition) is 1. The highest BCUT2D eigenvalue weighted by molar-refractivity contribution is 7.10. The fourth-order valence-electron chi connectivity index (χ4n) is 1.83. The second kappa shape index (κ2) is 3.61. The van der Waals surface area contributed by atoms with Gasteiger partial charge in [0.15, 0.2) is 0 Å². The number of carbonyl (C=O) groups is 1. The predicted octanol–water partition coefficient (Wildman–Crippen LogP) is 1.76. The van der Waals surface area contributed by atoms with Gasteiger partial charge in [0.25, 0.3) is 0 Å². The summed E-state index contributed by atoms with van der Waals surface area (Å²) in [5.41, 5.74) is 2.68. The smallest absolute Gasteiger partial charge is 0.303 e. The van der Waals surface area contributed by atoms with E-state index in [1.807, 2.05) is 0 Å². The molecule has 0 saturated carbocycles. The van der Waals surface area contributed by atoms with Crippen molar-refractivity contribution in [3.05, 3.63) is 15.8 Å². The molecule has 0 amide bonds. The molecule has 0 aromatic carbocycles. The van der Waals surface area contributed by atoms with Crippen molar-refractivity contribution in [3.63, 3.8) is 0 Å². The quantitative estimate of drug-likeness (QED) is 0.828. The van der Waals surface area contributed by atoms with Gasteiger partial charge in [0.05, 0.1) is 12.1 Å². The van der Waals surface area contributed by atoms with Crippen molar-refractivity contribution in [3.8, 4) is 0 Å². The second-order valence-corrected chi connectivity index (χ2v) is 4.55. The Bertz CT molecular complexity index is 359. The van der Waals surface area contributed by atoms with E-state index in [9.17, 15) is 4.79 Å². The minimum atomic E-state index is -0.710. The summed E-state index contributed by atoms with van der Waals surface area (Å²) in [6, 6.07) is 0. The van der Waals surface area contributed by atoms with Crippen molar-refractivity contribution >= 4 is 23.0 Å². The van der Waals surface area contributed by atoms with Crippen LogP contribution in [0, 0.1) is 0 Å². The Morgan fingerprint density at radius 2 is 2.50 bits per heavy atom. The highest BCUT2D eigenvalue weighted by Gasteiger charge is 2.20. The molecule has 0 radical (unpaired) electrons. The lowest BCUT2D eigenvalue weighted by Crippen LogP contribution is -2.11. The zero-order valence-corrected chi connectivity index (χ0v) is 8.93. The molecule has 2 rings (SSSR count). The molecule has 76 valence electrons. The fraction of sp³-hybridized carbons (Fsp3) is 0.500. The van der Waals surface area contributed by atoms with Gasteiger partial charge in [0.1, 0.15) is 0 Å². The minimum Gasteiger partial charge on any atom is -0.481 e. The fourth-order valence-corrected chi connectivity index (χ4v) is 2.98. The van der Waals surface area contributed by atoms with E-state index in [1.165, 1.54) is 16.1 Å². The third-order valence-electron chi connectivity index (χ3n) is 2.63. The van der Waals surface area contributed by atoms with Gasteiger partial charge in [-0.1, -0.05) is 0 Å². The van der Waals surface area contributed by atoms with Crippen LogP contribution >= 0.6 is 11.3 Å². The largest absolute Gasteiger partial charge is 0.481 e. The number of hydrogen-bond acceptors (Lipinski definition) is 3. The molecule has 0 aliphatic carbocycles. The Labute approximate surface area is 87.0 Å². The molecule has 1 aromatic heterocycles. The number of likely N-dealkylation sites (N-methyl/N-ethyl adjacent to an activating group) is 1. The third kappa shape index (κ3) is 1.62. The molecule has 14 heavy (non-hydrogen) atoms. The molecule has 0 fully saturated rings. The average molecular weight is 211 g/mol. The van der Waals surface area contributed by atoms with E-state index in [1.54, 1.807) is 11.3 Å². The van der Waals surface area contributed by atoms with Crippen LogP contribution in [0.25, 0.3) is 0 Å². The maximum absolute atomic E-state index is 10.5. The third-order valence-corrected chi connectivity index (χ3v) is 3.71. The number of anilines is 1. The molecule has 1 aliphatic heterocycles. The molecule has 4 heteroatoms. The van der Waals surface area contributed by atoms with Gasteiger partial charge in [-0.25, -0.2) is 0 Å². The van der Waals surface area contributed by atoms with Crippen LogP contribution in [0.4, 0.5) is 5.69 Å². The van der Waals surface area contributed by atoms with Gasteiger partial charge >= 0.3 is 5.97 Å². The van der Waals surface area contributed by atoms with Crippen LogP contribution in [0.15, 0.2) is 5.38 Å². The summed E-state index contributed by atoms with van der Waals surface area (Å²) < 4.78 is 0. The van der Waals surface area contributed by atoms with Gasteiger partial charge in [-0.05, 0) is 18.4 Å². The van der Waals surface area contributed by atoms with Crippen LogP contribution in [0.3, 0.4) is 0 Å². The topological polar surface area (TPSA) is 40.5 Å². The summed E-state index contributed by atoms with van der Waals surface area (Å²) in [5.74, 6) is -0.710. The van der Waals surface area contributed by atoms with Gasteiger partial charge in [-0.15, -0.1) is 11.3 Å². The van der Waals surface area contributed by atoms with Gasteiger partial charge in [-0.3, -0.25) is 4.79 Å². The summed E-state index contributed by atoms with van der Waals surface area (Å²) in [7, 11) is 2.08. The predicted molar refractivity (Wildman–Crippen MR) is 57.2 cm³/mol. The number of carboxylic acids is 1. The summed E-state index contributed by atoms with van der Waals surface area (Å²) in [4.78, 5) is 13.9. The SMILES string of the molecule is CN1CCc2c1csc2CCC(=O)O. The van der Waals surface area contributed by atoms with Crippen LogP contribution in [0.1, 0.15) is 16.9 Å².